The highest BCUT2D eigenvalue weighted by Gasteiger charge is 2.46. The van der Waals surface area contributed by atoms with Crippen LogP contribution in [0.25, 0.3) is 5.76 Å². The molecule has 35 heavy (non-hydrogen) atoms. The number of methoxy groups -OCH3 is 1. The SMILES string of the molecule is CCOc1cccc(CN2C(=O)C(=O)/C(=C(\O)c3ccc(F)c(C)c3)C2c2ccc(OC)cc2)c1. The molecule has 4 rings (SSSR count). The number of hydrogen-bond acceptors (Lipinski definition) is 5. The fourth-order valence-corrected chi connectivity index (χ4v) is 4.22. The maximum atomic E-state index is 13.8. The number of hydrogen-bond donors (Lipinski definition) is 1. The van der Waals surface area contributed by atoms with Crippen molar-refractivity contribution >= 4 is 17.4 Å². The Morgan fingerprint density at radius 2 is 1.77 bits per heavy atom. The first-order valence-electron chi connectivity index (χ1n) is 11.2. The zero-order valence-corrected chi connectivity index (χ0v) is 19.7. The third-order valence-electron chi connectivity index (χ3n) is 5.97. The molecule has 180 valence electrons. The number of carbonyl (C=O) groups is 2. The second kappa shape index (κ2) is 10.0. The van der Waals surface area contributed by atoms with E-state index in [1.807, 2.05) is 31.2 Å². The third kappa shape index (κ3) is 4.75. The predicted octanol–water partition coefficient (Wildman–Crippen LogP) is 5.16. The number of likely N-dealkylation sites (tertiary alicyclic amines) is 1. The number of Topliss-reactive ketones (excluding diaryl/α,β-unsaturated/α-hetero) is 1. The molecule has 3 aromatic rings. The number of aryl methyl sites for hydroxylation is 1. The van der Waals surface area contributed by atoms with E-state index in [1.54, 1.807) is 38.3 Å². The van der Waals surface area contributed by atoms with Gasteiger partial charge in [-0.15, -0.1) is 0 Å². The Kier molecular flexibility index (Phi) is 6.87. The van der Waals surface area contributed by atoms with Gasteiger partial charge in [0.25, 0.3) is 11.7 Å². The van der Waals surface area contributed by atoms with Crippen LogP contribution in [0.4, 0.5) is 4.39 Å². The van der Waals surface area contributed by atoms with E-state index in [9.17, 15) is 19.1 Å². The summed E-state index contributed by atoms with van der Waals surface area (Å²) in [6, 6.07) is 17.5. The summed E-state index contributed by atoms with van der Waals surface area (Å²) in [4.78, 5) is 27.9. The molecule has 0 bridgehead atoms. The summed E-state index contributed by atoms with van der Waals surface area (Å²) in [6.07, 6.45) is 0. The van der Waals surface area contributed by atoms with E-state index in [4.69, 9.17) is 9.47 Å². The molecular formula is C28H26FNO5. The number of ether oxygens (including phenoxy) is 2. The molecule has 0 saturated carbocycles. The first-order chi connectivity index (χ1) is 16.8. The number of amides is 1. The monoisotopic (exact) mass is 475 g/mol. The fraction of sp³-hybridized carbons (Fsp3) is 0.214. The lowest BCUT2D eigenvalue weighted by Gasteiger charge is -2.26. The Balaban J connectivity index is 1.83. The van der Waals surface area contributed by atoms with E-state index in [2.05, 4.69) is 0 Å². The summed E-state index contributed by atoms with van der Waals surface area (Å²) in [5.74, 6) is -1.03. The van der Waals surface area contributed by atoms with Crippen LogP contribution < -0.4 is 9.47 Å². The van der Waals surface area contributed by atoms with Crippen molar-refractivity contribution in [2.75, 3.05) is 13.7 Å². The maximum Gasteiger partial charge on any atom is 0.295 e. The van der Waals surface area contributed by atoms with Crippen LogP contribution in [-0.2, 0) is 16.1 Å². The first kappa shape index (κ1) is 24.0. The van der Waals surface area contributed by atoms with Crippen LogP contribution in [0.5, 0.6) is 11.5 Å². The lowest BCUT2D eigenvalue weighted by Crippen LogP contribution is -2.29. The molecule has 1 aliphatic heterocycles. The Morgan fingerprint density at radius 3 is 2.43 bits per heavy atom. The standard InChI is InChI=1S/C28H26FNO5/c1-4-35-22-7-5-6-18(15-22)16-30-25(19-8-11-21(34-3)12-9-19)24(27(32)28(30)33)26(31)20-10-13-23(29)17(2)14-20/h5-15,25,31H,4,16H2,1-3H3/b26-24-. The molecule has 1 aliphatic rings. The van der Waals surface area contributed by atoms with E-state index >= 15 is 0 Å². The molecule has 0 spiro atoms. The van der Waals surface area contributed by atoms with Gasteiger partial charge in [-0.25, -0.2) is 4.39 Å². The van der Waals surface area contributed by atoms with E-state index in [-0.39, 0.29) is 23.4 Å². The molecule has 7 heteroatoms. The summed E-state index contributed by atoms with van der Waals surface area (Å²) in [7, 11) is 1.54. The van der Waals surface area contributed by atoms with Crippen LogP contribution in [0.2, 0.25) is 0 Å². The Morgan fingerprint density at radius 1 is 1.03 bits per heavy atom. The van der Waals surface area contributed by atoms with Crippen LogP contribution in [0, 0.1) is 12.7 Å². The highest BCUT2D eigenvalue weighted by atomic mass is 19.1. The Hall–Kier alpha value is -4.13. The number of benzene rings is 3. The lowest BCUT2D eigenvalue weighted by atomic mass is 9.94. The smallest absolute Gasteiger partial charge is 0.295 e. The first-order valence-corrected chi connectivity index (χ1v) is 11.2. The van der Waals surface area contributed by atoms with Crippen molar-refractivity contribution in [3.63, 3.8) is 0 Å². The predicted molar refractivity (Wildman–Crippen MR) is 130 cm³/mol. The van der Waals surface area contributed by atoms with E-state index in [0.717, 1.165) is 5.56 Å². The van der Waals surface area contributed by atoms with Gasteiger partial charge in [0.1, 0.15) is 23.1 Å². The molecule has 0 radical (unpaired) electrons. The Labute approximate surface area is 203 Å². The normalized spacial score (nSPS) is 17.0. The van der Waals surface area contributed by atoms with Crippen LogP contribution >= 0.6 is 0 Å². The highest BCUT2D eigenvalue weighted by molar-refractivity contribution is 6.46. The highest BCUT2D eigenvalue weighted by Crippen LogP contribution is 2.41. The van der Waals surface area contributed by atoms with E-state index in [1.165, 1.54) is 23.1 Å². The van der Waals surface area contributed by atoms with Crippen molar-refractivity contribution in [2.24, 2.45) is 0 Å². The average molecular weight is 476 g/mol. The molecule has 1 heterocycles. The number of carbonyl (C=O) groups excluding carboxylic acids is 2. The summed E-state index contributed by atoms with van der Waals surface area (Å²) in [5.41, 5.74) is 1.93. The van der Waals surface area contributed by atoms with Gasteiger partial charge in [-0.2, -0.15) is 0 Å². The fourth-order valence-electron chi connectivity index (χ4n) is 4.22. The van der Waals surface area contributed by atoms with Crippen molar-refractivity contribution in [3.05, 3.63) is 100 Å². The summed E-state index contributed by atoms with van der Waals surface area (Å²) >= 11 is 0. The van der Waals surface area contributed by atoms with Gasteiger partial charge >= 0.3 is 0 Å². The second-order valence-corrected chi connectivity index (χ2v) is 8.24. The van der Waals surface area contributed by atoms with Crippen LogP contribution in [0.1, 0.15) is 35.2 Å². The number of nitrogens with zero attached hydrogens (tertiary/aromatic N) is 1. The van der Waals surface area contributed by atoms with Gasteiger partial charge in [-0.05, 0) is 73.0 Å². The van der Waals surface area contributed by atoms with Crippen LogP contribution in [0.15, 0.2) is 72.3 Å². The summed E-state index contributed by atoms with van der Waals surface area (Å²) in [6.45, 7) is 4.07. The largest absolute Gasteiger partial charge is 0.507 e. The molecule has 3 aromatic carbocycles. The molecule has 1 amide bonds. The zero-order chi connectivity index (χ0) is 25.1. The van der Waals surface area contributed by atoms with Gasteiger partial charge in [0.15, 0.2) is 0 Å². The molecule has 0 aliphatic carbocycles. The molecule has 1 N–H and O–H groups in total. The topological polar surface area (TPSA) is 76.1 Å². The van der Waals surface area contributed by atoms with Crippen molar-refractivity contribution in [1.82, 2.24) is 4.90 Å². The van der Waals surface area contributed by atoms with Gasteiger partial charge in [0.2, 0.25) is 0 Å². The zero-order valence-electron chi connectivity index (χ0n) is 19.7. The van der Waals surface area contributed by atoms with Crippen molar-refractivity contribution in [1.29, 1.82) is 0 Å². The van der Waals surface area contributed by atoms with Crippen molar-refractivity contribution in [2.45, 2.75) is 26.4 Å². The number of rotatable bonds is 7. The van der Waals surface area contributed by atoms with Crippen molar-refractivity contribution in [3.8, 4) is 11.5 Å². The lowest BCUT2D eigenvalue weighted by molar-refractivity contribution is -0.140. The van der Waals surface area contributed by atoms with Crippen LogP contribution in [-0.4, -0.2) is 35.4 Å². The summed E-state index contributed by atoms with van der Waals surface area (Å²) in [5, 5.41) is 11.2. The molecular weight excluding hydrogens is 449 g/mol. The molecule has 1 fully saturated rings. The van der Waals surface area contributed by atoms with Gasteiger partial charge in [-0.3, -0.25) is 9.59 Å². The Bertz CT molecular complexity index is 1300. The molecule has 1 atom stereocenters. The van der Waals surface area contributed by atoms with Gasteiger partial charge < -0.3 is 19.5 Å². The van der Waals surface area contributed by atoms with Gasteiger partial charge in [-0.1, -0.05) is 24.3 Å². The van der Waals surface area contributed by atoms with Gasteiger partial charge in [0.05, 0.1) is 25.3 Å². The van der Waals surface area contributed by atoms with Gasteiger partial charge in [0, 0.05) is 12.1 Å². The van der Waals surface area contributed by atoms with E-state index < -0.39 is 23.5 Å². The number of halogens is 1. The molecule has 0 aromatic heterocycles. The minimum Gasteiger partial charge on any atom is -0.507 e. The minimum absolute atomic E-state index is 0.0489. The number of aliphatic hydroxyl groups excluding tert-OH is 1. The second-order valence-electron chi connectivity index (χ2n) is 8.24. The minimum atomic E-state index is -0.845. The number of aliphatic hydroxyl groups is 1. The van der Waals surface area contributed by atoms with Crippen molar-refractivity contribution < 1.29 is 28.6 Å². The average Bonchev–Trinajstić information content (AvgIpc) is 3.10. The number of ketones is 1. The molecule has 1 saturated heterocycles. The molecule has 1 unspecified atom stereocenters. The molecule has 6 nitrogen and oxygen atoms in total. The third-order valence-corrected chi connectivity index (χ3v) is 5.97. The van der Waals surface area contributed by atoms with E-state index in [0.29, 0.717) is 29.2 Å². The van der Waals surface area contributed by atoms with Crippen LogP contribution in [0.3, 0.4) is 0 Å². The quantitative estimate of drug-likeness (QED) is 0.290. The summed E-state index contributed by atoms with van der Waals surface area (Å²) < 4.78 is 24.6. The maximum absolute atomic E-state index is 13.8.